The van der Waals surface area contributed by atoms with Crippen LogP contribution in [0.3, 0.4) is 0 Å². The monoisotopic (exact) mass is 225 g/mol. The summed E-state index contributed by atoms with van der Waals surface area (Å²) in [4.78, 5) is 0. The van der Waals surface area contributed by atoms with E-state index in [0.717, 1.165) is 25.7 Å². The van der Waals surface area contributed by atoms with E-state index in [2.05, 4.69) is 4.72 Å². The first kappa shape index (κ1) is 11.3. The molecule has 0 heterocycles. The van der Waals surface area contributed by atoms with Crippen LogP contribution in [0.2, 0.25) is 0 Å². The summed E-state index contributed by atoms with van der Waals surface area (Å²) in [7, 11) is -3.01. The Kier molecular flexibility index (Phi) is 4.01. The molecule has 1 rings (SSSR count). The van der Waals surface area contributed by atoms with Crippen molar-refractivity contribution in [2.24, 2.45) is 0 Å². The van der Waals surface area contributed by atoms with Crippen LogP contribution >= 0.6 is 11.6 Å². The number of sulfonamides is 1. The molecule has 0 radical (unpaired) electrons. The number of rotatable bonds is 6. The average molecular weight is 226 g/mol. The molecule has 1 fully saturated rings. The molecule has 1 atom stereocenters. The normalized spacial score (nSPS) is 20.2. The van der Waals surface area contributed by atoms with E-state index in [1.807, 2.05) is 6.92 Å². The van der Waals surface area contributed by atoms with E-state index in [0.29, 0.717) is 5.88 Å². The number of nitrogens with one attached hydrogen (secondary N) is 1. The van der Waals surface area contributed by atoms with Crippen LogP contribution in [-0.2, 0) is 10.0 Å². The van der Waals surface area contributed by atoms with Gasteiger partial charge in [0, 0.05) is 11.9 Å². The molecular formula is C8H16ClNO2S. The molecule has 3 nitrogen and oxygen atoms in total. The van der Waals surface area contributed by atoms with Crippen molar-refractivity contribution < 1.29 is 8.42 Å². The molecule has 1 saturated carbocycles. The van der Waals surface area contributed by atoms with E-state index in [-0.39, 0.29) is 11.3 Å². The van der Waals surface area contributed by atoms with Crippen molar-refractivity contribution in [3.05, 3.63) is 0 Å². The van der Waals surface area contributed by atoms with Crippen LogP contribution in [0.15, 0.2) is 0 Å². The second-order valence-corrected chi connectivity index (χ2v) is 5.96. The fourth-order valence-electron chi connectivity index (χ4n) is 1.20. The average Bonchev–Trinajstić information content (AvgIpc) is 2.81. The predicted molar refractivity (Wildman–Crippen MR) is 54.5 cm³/mol. The van der Waals surface area contributed by atoms with Crippen molar-refractivity contribution >= 4 is 21.6 Å². The maximum Gasteiger partial charge on any atom is 0.214 e. The lowest BCUT2D eigenvalue weighted by atomic mass is 10.2. The van der Waals surface area contributed by atoms with Gasteiger partial charge in [0.05, 0.1) is 5.25 Å². The molecule has 78 valence electrons. The molecule has 1 N–H and O–H groups in total. The Morgan fingerprint density at radius 1 is 1.54 bits per heavy atom. The van der Waals surface area contributed by atoms with Gasteiger partial charge in [0.2, 0.25) is 10.0 Å². The van der Waals surface area contributed by atoms with Gasteiger partial charge in [-0.25, -0.2) is 13.1 Å². The van der Waals surface area contributed by atoms with Crippen molar-refractivity contribution in [3.63, 3.8) is 0 Å². The lowest BCUT2D eigenvalue weighted by molar-refractivity contribution is 0.543. The molecule has 0 amide bonds. The van der Waals surface area contributed by atoms with Crippen LogP contribution in [0.1, 0.15) is 32.6 Å². The summed E-state index contributed by atoms with van der Waals surface area (Å²) in [5.41, 5.74) is 0. The molecule has 0 aromatic rings. The summed E-state index contributed by atoms with van der Waals surface area (Å²) in [6.45, 7) is 1.88. The van der Waals surface area contributed by atoms with Gasteiger partial charge in [0.15, 0.2) is 0 Å². The van der Waals surface area contributed by atoms with E-state index in [9.17, 15) is 8.42 Å². The highest BCUT2D eigenvalue weighted by atomic mass is 35.5. The Labute approximate surface area is 84.9 Å². The summed E-state index contributed by atoms with van der Waals surface area (Å²) < 4.78 is 25.5. The molecule has 0 aromatic heterocycles. The topological polar surface area (TPSA) is 46.2 Å². The van der Waals surface area contributed by atoms with Crippen molar-refractivity contribution in [2.45, 2.75) is 43.9 Å². The Morgan fingerprint density at radius 2 is 2.15 bits per heavy atom. The minimum atomic E-state index is -3.01. The van der Waals surface area contributed by atoms with Crippen molar-refractivity contribution in [1.82, 2.24) is 4.72 Å². The first-order chi connectivity index (χ1) is 6.06. The quantitative estimate of drug-likeness (QED) is 0.696. The molecule has 0 saturated heterocycles. The molecule has 1 aliphatic carbocycles. The van der Waals surface area contributed by atoms with Crippen molar-refractivity contribution in [1.29, 1.82) is 0 Å². The predicted octanol–water partition coefficient (Wildman–Crippen LogP) is 1.48. The zero-order valence-corrected chi connectivity index (χ0v) is 9.37. The standard InChI is InChI=1S/C8H16ClNO2S/c1-7(3-2-6-9)10-13(11,12)8-4-5-8/h7-8,10H,2-6H2,1H3. The first-order valence-electron chi connectivity index (χ1n) is 4.63. The minimum Gasteiger partial charge on any atom is -0.212 e. The van der Waals surface area contributed by atoms with Gasteiger partial charge in [-0.1, -0.05) is 0 Å². The van der Waals surface area contributed by atoms with Gasteiger partial charge in [-0.05, 0) is 32.6 Å². The Bertz CT molecular complexity index is 249. The van der Waals surface area contributed by atoms with Gasteiger partial charge >= 0.3 is 0 Å². The van der Waals surface area contributed by atoms with Crippen LogP contribution in [0.5, 0.6) is 0 Å². The molecule has 1 unspecified atom stereocenters. The maximum absolute atomic E-state index is 11.4. The van der Waals surface area contributed by atoms with Gasteiger partial charge in [0.1, 0.15) is 0 Å². The van der Waals surface area contributed by atoms with E-state index in [1.165, 1.54) is 0 Å². The molecule has 0 aliphatic heterocycles. The van der Waals surface area contributed by atoms with Crippen LogP contribution in [0, 0.1) is 0 Å². The van der Waals surface area contributed by atoms with Gasteiger partial charge in [0.25, 0.3) is 0 Å². The number of halogens is 1. The van der Waals surface area contributed by atoms with Crippen LogP contribution < -0.4 is 4.72 Å². The van der Waals surface area contributed by atoms with Crippen LogP contribution in [0.4, 0.5) is 0 Å². The highest BCUT2D eigenvalue weighted by Gasteiger charge is 2.36. The number of alkyl halides is 1. The van der Waals surface area contributed by atoms with Crippen molar-refractivity contribution in [2.75, 3.05) is 5.88 Å². The zero-order chi connectivity index (χ0) is 9.90. The highest BCUT2D eigenvalue weighted by molar-refractivity contribution is 7.90. The van der Waals surface area contributed by atoms with Gasteiger partial charge in [-0.3, -0.25) is 0 Å². The van der Waals surface area contributed by atoms with E-state index < -0.39 is 10.0 Å². The molecule has 0 aromatic carbocycles. The summed E-state index contributed by atoms with van der Waals surface area (Å²) in [5, 5.41) is -0.119. The molecule has 0 bridgehead atoms. The third kappa shape index (κ3) is 3.83. The Morgan fingerprint density at radius 3 is 2.62 bits per heavy atom. The van der Waals surface area contributed by atoms with E-state index >= 15 is 0 Å². The zero-order valence-electron chi connectivity index (χ0n) is 7.79. The van der Waals surface area contributed by atoms with Crippen LogP contribution in [-0.4, -0.2) is 25.6 Å². The number of hydrogen-bond donors (Lipinski definition) is 1. The molecule has 0 spiro atoms. The molecular weight excluding hydrogens is 210 g/mol. The van der Waals surface area contributed by atoms with Crippen LogP contribution in [0.25, 0.3) is 0 Å². The summed E-state index contributed by atoms with van der Waals surface area (Å²) >= 11 is 5.51. The fourth-order valence-corrected chi connectivity index (χ4v) is 2.98. The van der Waals surface area contributed by atoms with E-state index in [1.54, 1.807) is 0 Å². The third-order valence-electron chi connectivity index (χ3n) is 2.10. The van der Waals surface area contributed by atoms with E-state index in [4.69, 9.17) is 11.6 Å². The SMILES string of the molecule is CC(CCCCl)NS(=O)(=O)C1CC1. The summed E-state index contributed by atoms with van der Waals surface area (Å²) in [5.74, 6) is 0.593. The molecule has 5 heteroatoms. The summed E-state index contributed by atoms with van der Waals surface area (Å²) in [6.07, 6.45) is 3.31. The second-order valence-electron chi connectivity index (χ2n) is 3.59. The maximum atomic E-state index is 11.4. The number of hydrogen-bond acceptors (Lipinski definition) is 2. The minimum absolute atomic E-state index is 0.0179. The highest BCUT2D eigenvalue weighted by Crippen LogP contribution is 2.27. The second kappa shape index (κ2) is 4.62. The molecule has 1 aliphatic rings. The first-order valence-corrected chi connectivity index (χ1v) is 6.71. The third-order valence-corrected chi connectivity index (χ3v) is 4.45. The lowest BCUT2D eigenvalue weighted by Crippen LogP contribution is -2.35. The van der Waals surface area contributed by atoms with Gasteiger partial charge in [-0.2, -0.15) is 0 Å². The summed E-state index contributed by atoms with van der Waals surface area (Å²) in [6, 6.07) is 0.0179. The molecule has 13 heavy (non-hydrogen) atoms. The Hall–Kier alpha value is 0.200. The van der Waals surface area contributed by atoms with Gasteiger partial charge in [-0.15, -0.1) is 11.6 Å². The fraction of sp³-hybridized carbons (Fsp3) is 1.00. The smallest absolute Gasteiger partial charge is 0.212 e. The Balaban J connectivity index is 2.30. The largest absolute Gasteiger partial charge is 0.214 e. The van der Waals surface area contributed by atoms with Crippen molar-refractivity contribution in [3.8, 4) is 0 Å². The lowest BCUT2D eigenvalue weighted by Gasteiger charge is -2.12. The van der Waals surface area contributed by atoms with Gasteiger partial charge < -0.3 is 0 Å².